The van der Waals surface area contributed by atoms with Crippen molar-refractivity contribution in [1.82, 2.24) is 0 Å². The van der Waals surface area contributed by atoms with Crippen LogP contribution in [0.4, 0.5) is 0 Å². The normalized spacial score (nSPS) is 11.7. The van der Waals surface area contributed by atoms with Gasteiger partial charge in [0.2, 0.25) is 9.84 Å². The third-order valence-electron chi connectivity index (χ3n) is 4.43. The molecule has 3 aromatic rings. The maximum absolute atomic E-state index is 12.7. The number of benzene rings is 3. The van der Waals surface area contributed by atoms with Gasteiger partial charge in [-0.25, -0.2) is 8.42 Å². The van der Waals surface area contributed by atoms with Gasteiger partial charge in [0.25, 0.3) is 0 Å². The molecule has 0 radical (unpaired) electrons. The largest absolute Gasteiger partial charge is 0.489 e. The zero-order valence-corrected chi connectivity index (χ0v) is 17.1. The summed E-state index contributed by atoms with van der Waals surface area (Å²) in [5, 5.41) is 9.40. The number of hydrogen-bond acceptors (Lipinski definition) is 4. The third kappa shape index (κ3) is 5.13. The van der Waals surface area contributed by atoms with Gasteiger partial charge in [0.1, 0.15) is 23.3 Å². The number of hydrogen-bond donors (Lipinski definition) is 0. The molecule has 0 amide bonds. The molecule has 3 rings (SSSR count). The van der Waals surface area contributed by atoms with Crippen molar-refractivity contribution in [3.8, 4) is 11.8 Å². The van der Waals surface area contributed by atoms with Crippen LogP contribution in [-0.2, 0) is 16.4 Å². The average Bonchev–Trinajstić information content (AvgIpc) is 2.72. The minimum absolute atomic E-state index is 0.106. The van der Waals surface area contributed by atoms with Crippen molar-refractivity contribution in [2.24, 2.45) is 0 Å². The molecule has 29 heavy (non-hydrogen) atoms. The fourth-order valence-corrected chi connectivity index (χ4v) is 3.84. The van der Waals surface area contributed by atoms with Crippen LogP contribution in [0.25, 0.3) is 6.08 Å². The van der Waals surface area contributed by atoms with E-state index in [4.69, 9.17) is 4.74 Å². The number of sulfone groups is 1. The molecule has 0 aliphatic heterocycles. The van der Waals surface area contributed by atoms with Gasteiger partial charge in [0.05, 0.1) is 4.90 Å². The van der Waals surface area contributed by atoms with E-state index in [2.05, 4.69) is 0 Å². The molecule has 4 nitrogen and oxygen atoms in total. The van der Waals surface area contributed by atoms with Gasteiger partial charge in [-0.05, 0) is 55.3 Å². The zero-order chi connectivity index (χ0) is 20.9. The predicted molar refractivity (Wildman–Crippen MR) is 114 cm³/mol. The standard InChI is InChI=1S/C24H21NO3S/c1-18-3-7-21(8-4-18)17-28-22-11-9-20(10-12-22)15-24(16-25)29(26,27)23-13-5-19(2)6-14-23/h3-15H,17H2,1-2H3. The molecule has 146 valence electrons. The van der Waals surface area contributed by atoms with Crippen LogP contribution >= 0.6 is 0 Å². The van der Waals surface area contributed by atoms with Crippen molar-refractivity contribution in [1.29, 1.82) is 5.26 Å². The van der Waals surface area contributed by atoms with Crippen LogP contribution in [0.5, 0.6) is 5.75 Å². The molecule has 0 saturated carbocycles. The minimum Gasteiger partial charge on any atom is -0.489 e. The Morgan fingerprint density at radius 2 is 1.45 bits per heavy atom. The molecule has 0 spiro atoms. The Hall–Kier alpha value is -3.36. The first-order valence-electron chi connectivity index (χ1n) is 9.10. The molecule has 0 heterocycles. The van der Waals surface area contributed by atoms with Gasteiger partial charge in [-0.1, -0.05) is 59.7 Å². The SMILES string of the molecule is Cc1ccc(COc2ccc(C=C(C#N)S(=O)(=O)c3ccc(C)cc3)cc2)cc1. The second kappa shape index (κ2) is 8.76. The second-order valence-electron chi connectivity index (χ2n) is 6.78. The maximum atomic E-state index is 12.7. The first-order chi connectivity index (χ1) is 13.9. The van der Waals surface area contributed by atoms with Gasteiger partial charge >= 0.3 is 0 Å². The van der Waals surface area contributed by atoms with E-state index in [1.165, 1.54) is 23.8 Å². The van der Waals surface area contributed by atoms with E-state index in [9.17, 15) is 13.7 Å². The van der Waals surface area contributed by atoms with Crippen molar-refractivity contribution < 1.29 is 13.2 Å². The molecule has 0 unspecified atom stereocenters. The van der Waals surface area contributed by atoms with E-state index >= 15 is 0 Å². The number of ether oxygens (including phenoxy) is 1. The molecule has 0 fully saturated rings. The molecule has 0 aromatic heterocycles. The lowest BCUT2D eigenvalue weighted by molar-refractivity contribution is 0.306. The summed E-state index contributed by atoms with van der Waals surface area (Å²) in [5.74, 6) is 0.669. The van der Waals surface area contributed by atoms with Crippen molar-refractivity contribution in [3.05, 3.63) is 100.0 Å². The fraction of sp³-hybridized carbons (Fsp3) is 0.125. The summed E-state index contributed by atoms with van der Waals surface area (Å²) >= 11 is 0. The molecule has 0 atom stereocenters. The van der Waals surface area contributed by atoms with Crippen LogP contribution < -0.4 is 4.74 Å². The van der Waals surface area contributed by atoms with Gasteiger partial charge in [-0.3, -0.25) is 0 Å². The van der Waals surface area contributed by atoms with Gasteiger partial charge in [0, 0.05) is 0 Å². The topological polar surface area (TPSA) is 67.2 Å². The lowest BCUT2D eigenvalue weighted by Crippen LogP contribution is -2.03. The van der Waals surface area contributed by atoms with Gasteiger partial charge in [-0.15, -0.1) is 0 Å². The van der Waals surface area contributed by atoms with Crippen molar-refractivity contribution in [2.45, 2.75) is 25.3 Å². The third-order valence-corrected chi connectivity index (χ3v) is 6.12. The van der Waals surface area contributed by atoms with Crippen LogP contribution in [0.3, 0.4) is 0 Å². The van der Waals surface area contributed by atoms with Crippen LogP contribution in [0.1, 0.15) is 22.3 Å². The lowest BCUT2D eigenvalue weighted by atomic mass is 10.2. The van der Waals surface area contributed by atoms with Crippen molar-refractivity contribution >= 4 is 15.9 Å². The highest BCUT2D eigenvalue weighted by Gasteiger charge is 2.20. The molecule has 0 N–H and O–H groups in total. The zero-order valence-electron chi connectivity index (χ0n) is 16.3. The molecule has 0 bridgehead atoms. The van der Waals surface area contributed by atoms with E-state index in [1.54, 1.807) is 36.4 Å². The van der Waals surface area contributed by atoms with Gasteiger partial charge in [-0.2, -0.15) is 5.26 Å². The minimum atomic E-state index is -3.86. The Kier molecular flexibility index (Phi) is 6.16. The first-order valence-corrected chi connectivity index (χ1v) is 10.6. The lowest BCUT2D eigenvalue weighted by Gasteiger charge is -2.07. The number of allylic oxidation sites excluding steroid dienone is 1. The molecular weight excluding hydrogens is 382 g/mol. The quantitative estimate of drug-likeness (QED) is 0.529. The Morgan fingerprint density at radius 1 is 0.897 bits per heavy atom. The van der Waals surface area contributed by atoms with E-state index < -0.39 is 9.84 Å². The summed E-state index contributed by atoms with van der Waals surface area (Å²) in [7, 11) is -3.86. The maximum Gasteiger partial charge on any atom is 0.216 e. The van der Waals surface area contributed by atoms with E-state index in [0.29, 0.717) is 17.9 Å². The number of nitrogens with zero attached hydrogens (tertiary/aromatic N) is 1. The summed E-state index contributed by atoms with van der Waals surface area (Å²) < 4.78 is 31.2. The van der Waals surface area contributed by atoms with Crippen LogP contribution in [0.2, 0.25) is 0 Å². The molecule has 0 aliphatic carbocycles. The Morgan fingerprint density at radius 3 is 2.00 bits per heavy atom. The van der Waals surface area contributed by atoms with Crippen molar-refractivity contribution in [3.63, 3.8) is 0 Å². The number of nitriles is 1. The Bertz CT molecular complexity index is 1150. The number of aryl methyl sites for hydroxylation is 2. The summed E-state index contributed by atoms with van der Waals surface area (Å²) in [5.41, 5.74) is 3.82. The smallest absolute Gasteiger partial charge is 0.216 e. The molecule has 0 aliphatic rings. The average molecular weight is 404 g/mol. The monoisotopic (exact) mass is 403 g/mol. The van der Waals surface area contributed by atoms with Crippen LogP contribution in [-0.4, -0.2) is 8.42 Å². The Balaban J connectivity index is 1.75. The second-order valence-corrected chi connectivity index (χ2v) is 8.70. The Labute approximate surface area is 171 Å². The molecule has 0 saturated heterocycles. The van der Waals surface area contributed by atoms with Crippen LogP contribution in [0.15, 0.2) is 82.6 Å². The number of rotatable bonds is 6. The highest BCUT2D eigenvalue weighted by atomic mass is 32.2. The van der Waals surface area contributed by atoms with E-state index in [0.717, 1.165) is 11.1 Å². The van der Waals surface area contributed by atoms with E-state index in [-0.39, 0.29) is 9.80 Å². The van der Waals surface area contributed by atoms with Crippen molar-refractivity contribution in [2.75, 3.05) is 0 Å². The summed E-state index contributed by atoms with van der Waals surface area (Å²) in [4.78, 5) is -0.191. The molecule has 3 aromatic carbocycles. The highest BCUT2D eigenvalue weighted by molar-refractivity contribution is 7.95. The molecule has 5 heteroatoms. The van der Waals surface area contributed by atoms with Gasteiger partial charge in [0.15, 0.2) is 0 Å². The predicted octanol–water partition coefficient (Wildman–Crippen LogP) is 5.22. The first kappa shape index (κ1) is 20.4. The van der Waals surface area contributed by atoms with Gasteiger partial charge < -0.3 is 4.74 Å². The van der Waals surface area contributed by atoms with Crippen LogP contribution in [0, 0.1) is 25.2 Å². The fourth-order valence-electron chi connectivity index (χ4n) is 2.68. The highest BCUT2D eigenvalue weighted by Crippen LogP contribution is 2.23. The molecular formula is C24H21NO3S. The summed E-state index contributed by atoms with van der Waals surface area (Å²) in [6, 6.07) is 23.3. The summed E-state index contributed by atoms with van der Waals surface area (Å²) in [6.45, 7) is 4.35. The summed E-state index contributed by atoms with van der Waals surface area (Å²) in [6.07, 6.45) is 1.37. The van der Waals surface area contributed by atoms with E-state index in [1.807, 2.05) is 44.2 Å².